The van der Waals surface area contributed by atoms with E-state index in [1.807, 2.05) is 48.5 Å². The Morgan fingerprint density at radius 1 is 1.08 bits per heavy atom. The Morgan fingerprint density at radius 3 is 2.47 bits per heavy atom. The number of guanidine groups is 1. The van der Waals surface area contributed by atoms with Crippen LogP contribution < -0.4 is 5.73 Å². The minimum absolute atomic E-state index is 0.0665. The highest BCUT2D eigenvalue weighted by Gasteiger charge is 2.51. The van der Waals surface area contributed by atoms with Gasteiger partial charge in [-0.05, 0) is 60.4 Å². The van der Waals surface area contributed by atoms with Crippen LogP contribution in [0.15, 0.2) is 65.9 Å². The topological polar surface area (TPSA) is 105 Å². The average molecular weight is 509 g/mol. The van der Waals surface area contributed by atoms with Gasteiger partial charge >= 0.3 is 0 Å². The number of benzene rings is 2. The van der Waals surface area contributed by atoms with Gasteiger partial charge in [0.1, 0.15) is 0 Å². The lowest BCUT2D eigenvalue weighted by Gasteiger charge is -2.30. The first-order valence-electron chi connectivity index (χ1n) is 13.3. The van der Waals surface area contributed by atoms with Crippen LogP contribution in [0.2, 0.25) is 0 Å². The molecule has 0 saturated heterocycles. The van der Waals surface area contributed by atoms with Crippen LogP contribution >= 0.6 is 0 Å². The summed E-state index contributed by atoms with van der Waals surface area (Å²) < 4.78 is 0. The molecule has 2 amide bonds. The zero-order chi connectivity index (χ0) is 26.4. The van der Waals surface area contributed by atoms with Gasteiger partial charge in [0, 0.05) is 18.0 Å². The number of nitrogens with two attached hydrogens (primary N) is 1. The minimum Gasteiger partial charge on any atom is -0.369 e. The number of aliphatic imine (C=N–C) groups is 1. The first kappa shape index (κ1) is 24.3. The van der Waals surface area contributed by atoms with Crippen LogP contribution in [-0.4, -0.2) is 37.5 Å². The number of nitrogens with zero attached hydrogens (tertiary/aromatic N) is 5. The van der Waals surface area contributed by atoms with Crippen molar-refractivity contribution in [2.75, 3.05) is 0 Å². The molecule has 2 atom stereocenters. The Morgan fingerprint density at radius 2 is 1.79 bits per heavy atom. The summed E-state index contributed by atoms with van der Waals surface area (Å²) >= 11 is 0. The van der Waals surface area contributed by atoms with Crippen LogP contribution in [-0.2, 0) is 29.8 Å². The molecule has 0 fully saturated rings. The van der Waals surface area contributed by atoms with E-state index in [1.165, 1.54) is 0 Å². The zero-order valence-electron chi connectivity index (χ0n) is 21.8. The molecule has 3 aliphatic rings. The summed E-state index contributed by atoms with van der Waals surface area (Å²) in [6, 6.07) is 15.4. The first-order chi connectivity index (χ1) is 18.4. The number of aryl methyl sites for hydroxylation is 1. The van der Waals surface area contributed by atoms with E-state index in [4.69, 9.17) is 10.7 Å². The van der Waals surface area contributed by atoms with Crippen molar-refractivity contribution < 1.29 is 9.59 Å². The Hall–Kier alpha value is -4.07. The highest BCUT2D eigenvalue weighted by Crippen LogP contribution is 2.45. The number of hydrogen-bond acceptors (Lipinski definition) is 6. The van der Waals surface area contributed by atoms with Gasteiger partial charge in [-0.3, -0.25) is 24.5 Å². The molecule has 2 N–H and O–H groups in total. The van der Waals surface area contributed by atoms with Gasteiger partial charge in [0.15, 0.2) is 11.5 Å². The molecule has 0 saturated carbocycles. The predicted octanol–water partition coefficient (Wildman–Crippen LogP) is 4.11. The Kier molecular flexibility index (Phi) is 5.97. The summed E-state index contributed by atoms with van der Waals surface area (Å²) in [5.74, 6) is 0.535. The standard InChI is InChI=1S/C30H32N6O2/c1-19(2)12-13-30(22-6-4-3-5-7-22)28(38)36(29(31)34-30)26-11-10-20-8-9-21(16-23(20)26)27(37)35-17-24-25(18-35)33-15-14-32-24/h3-9,14-16,19,26H,10-13,17-18H2,1-2H3,(H2,31,34)/t26-,30-/m1/s1. The van der Waals surface area contributed by atoms with E-state index in [-0.39, 0.29) is 23.8 Å². The van der Waals surface area contributed by atoms with Gasteiger partial charge in [0.2, 0.25) is 0 Å². The second kappa shape index (κ2) is 9.35. The van der Waals surface area contributed by atoms with Gasteiger partial charge in [0.05, 0.1) is 30.5 Å². The van der Waals surface area contributed by atoms with Crippen LogP contribution in [0, 0.1) is 5.92 Å². The summed E-state index contributed by atoms with van der Waals surface area (Å²) in [6.45, 7) is 5.20. The van der Waals surface area contributed by atoms with Gasteiger partial charge in [0.25, 0.3) is 11.8 Å². The third kappa shape index (κ3) is 3.95. The first-order valence-corrected chi connectivity index (χ1v) is 13.3. The monoisotopic (exact) mass is 508 g/mol. The fourth-order valence-corrected chi connectivity index (χ4v) is 5.99. The molecule has 1 aromatic heterocycles. The molecule has 3 heterocycles. The van der Waals surface area contributed by atoms with Gasteiger partial charge in [-0.25, -0.2) is 4.99 Å². The molecule has 2 aromatic carbocycles. The summed E-state index contributed by atoms with van der Waals surface area (Å²) in [5.41, 5.74) is 10.8. The normalized spacial score (nSPS) is 22.1. The molecule has 194 valence electrons. The molecule has 6 rings (SSSR count). The van der Waals surface area contributed by atoms with Gasteiger partial charge in [-0.15, -0.1) is 0 Å². The second-order valence-corrected chi connectivity index (χ2v) is 10.9. The maximum Gasteiger partial charge on any atom is 0.262 e. The van der Waals surface area contributed by atoms with Crippen molar-refractivity contribution in [3.63, 3.8) is 0 Å². The lowest BCUT2D eigenvalue weighted by molar-refractivity contribution is -0.133. The maximum atomic E-state index is 14.2. The number of fused-ring (bicyclic) bond motifs is 2. The SMILES string of the molecule is CC(C)CC[C@]1(c2ccccc2)N=C(N)N([C@@H]2CCc3ccc(C(=O)N4Cc5nccnc5C4)cc32)C1=O. The molecule has 0 radical (unpaired) electrons. The number of rotatable bonds is 6. The van der Waals surface area contributed by atoms with Crippen molar-refractivity contribution in [2.45, 2.75) is 64.2 Å². The van der Waals surface area contributed by atoms with E-state index < -0.39 is 5.54 Å². The smallest absolute Gasteiger partial charge is 0.262 e. The third-order valence-corrected chi connectivity index (χ3v) is 8.04. The number of amides is 2. The fourth-order valence-electron chi connectivity index (χ4n) is 5.99. The molecular weight excluding hydrogens is 476 g/mol. The average Bonchev–Trinajstić information content (AvgIpc) is 3.61. The largest absolute Gasteiger partial charge is 0.369 e. The molecule has 0 bridgehead atoms. The molecule has 2 aliphatic heterocycles. The molecule has 0 unspecified atom stereocenters. The van der Waals surface area contributed by atoms with E-state index in [9.17, 15) is 9.59 Å². The quantitative estimate of drug-likeness (QED) is 0.540. The number of aromatic nitrogens is 2. The van der Waals surface area contributed by atoms with Gasteiger partial charge in [-0.1, -0.05) is 50.2 Å². The predicted molar refractivity (Wildman–Crippen MR) is 144 cm³/mol. The summed E-state index contributed by atoms with van der Waals surface area (Å²) in [4.78, 5) is 44.7. The molecular formula is C30H32N6O2. The highest BCUT2D eigenvalue weighted by molar-refractivity contribution is 6.07. The van der Waals surface area contributed by atoms with E-state index in [0.29, 0.717) is 31.0 Å². The van der Waals surface area contributed by atoms with Crippen molar-refractivity contribution >= 4 is 17.8 Å². The summed E-state index contributed by atoms with van der Waals surface area (Å²) in [7, 11) is 0. The number of hydrogen-bond donors (Lipinski definition) is 1. The maximum absolute atomic E-state index is 14.2. The molecule has 38 heavy (non-hydrogen) atoms. The number of carbonyl (C=O) groups is 2. The molecule has 3 aromatic rings. The summed E-state index contributed by atoms with van der Waals surface area (Å²) in [6.07, 6.45) is 6.32. The number of carbonyl (C=O) groups excluding carboxylic acids is 2. The Labute approximate surface area is 222 Å². The molecule has 0 spiro atoms. The molecule has 1 aliphatic carbocycles. The van der Waals surface area contributed by atoms with E-state index in [2.05, 4.69) is 23.8 Å². The van der Waals surface area contributed by atoms with Crippen molar-refractivity contribution in [3.8, 4) is 0 Å². The second-order valence-electron chi connectivity index (χ2n) is 10.9. The van der Waals surface area contributed by atoms with Crippen LogP contribution in [0.4, 0.5) is 0 Å². The van der Waals surface area contributed by atoms with Gasteiger partial charge in [-0.2, -0.15) is 0 Å². The van der Waals surface area contributed by atoms with Crippen molar-refractivity contribution in [1.82, 2.24) is 19.8 Å². The van der Waals surface area contributed by atoms with Crippen LogP contribution in [0.3, 0.4) is 0 Å². The zero-order valence-corrected chi connectivity index (χ0v) is 21.8. The van der Waals surface area contributed by atoms with Crippen LogP contribution in [0.5, 0.6) is 0 Å². The highest BCUT2D eigenvalue weighted by atomic mass is 16.2. The minimum atomic E-state index is -1.02. The Balaban J connectivity index is 1.30. The van der Waals surface area contributed by atoms with Crippen LogP contribution in [0.1, 0.15) is 77.6 Å². The van der Waals surface area contributed by atoms with E-state index in [0.717, 1.165) is 47.3 Å². The Bertz CT molecular complexity index is 1410. The van der Waals surface area contributed by atoms with Crippen molar-refractivity contribution in [2.24, 2.45) is 16.6 Å². The van der Waals surface area contributed by atoms with Crippen molar-refractivity contribution in [3.05, 3.63) is 94.6 Å². The van der Waals surface area contributed by atoms with Crippen LogP contribution in [0.25, 0.3) is 0 Å². The van der Waals surface area contributed by atoms with E-state index in [1.54, 1.807) is 22.2 Å². The van der Waals surface area contributed by atoms with Crippen molar-refractivity contribution in [1.29, 1.82) is 0 Å². The molecule has 8 heteroatoms. The molecule has 8 nitrogen and oxygen atoms in total. The lowest BCUT2D eigenvalue weighted by Crippen LogP contribution is -2.44. The summed E-state index contributed by atoms with van der Waals surface area (Å²) in [5, 5.41) is 0. The lowest BCUT2D eigenvalue weighted by atomic mass is 9.83. The van der Waals surface area contributed by atoms with E-state index >= 15 is 0 Å². The third-order valence-electron chi connectivity index (χ3n) is 8.04. The fraction of sp³-hybridized carbons (Fsp3) is 0.367. The van der Waals surface area contributed by atoms with Gasteiger partial charge < -0.3 is 10.6 Å².